The van der Waals surface area contributed by atoms with Crippen molar-refractivity contribution < 1.29 is 19.4 Å². The van der Waals surface area contributed by atoms with E-state index in [1.165, 1.54) is 12.0 Å². The molecule has 1 rings (SSSR count). The smallest absolute Gasteiger partial charge is 0.145 e. The molecule has 1 N–H and O–H groups in total. The quantitative estimate of drug-likeness (QED) is 0.0711. The van der Waals surface area contributed by atoms with Crippen molar-refractivity contribution in [2.45, 2.75) is 138 Å². The number of aliphatic hydroxyl groups excluding tert-OH is 1. The number of methoxy groups -OCH3 is 1. The fraction of sp³-hybridized carbons (Fsp3) is 0.711. The van der Waals surface area contributed by atoms with Crippen molar-refractivity contribution in [2.75, 3.05) is 7.11 Å². The maximum atomic E-state index is 11.2. The van der Waals surface area contributed by atoms with Gasteiger partial charge in [-0.2, -0.15) is 0 Å². The van der Waals surface area contributed by atoms with Crippen LogP contribution in [0.15, 0.2) is 59.3 Å². The van der Waals surface area contributed by atoms with Crippen LogP contribution in [-0.2, 0) is 14.3 Å². The Kier molecular flexibility index (Phi) is 19.2. The Bertz CT molecular complexity index is 910. The summed E-state index contributed by atoms with van der Waals surface area (Å²) >= 11 is 0. The van der Waals surface area contributed by atoms with E-state index in [1.807, 2.05) is 27.0 Å². The number of allylic oxidation sites excluding steroid dienone is 8. The fourth-order valence-electron chi connectivity index (χ4n) is 6.46. The molecular weight excluding hydrogens is 520 g/mol. The lowest BCUT2D eigenvalue weighted by Crippen LogP contribution is -2.33. The summed E-state index contributed by atoms with van der Waals surface area (Å²) in [5.74, 6) is 1.86. The van der Waals surface area contributed by atoms with Crippen molar-refractivity contribution in [2.24, 2.45) is 29.6 Å². The number of carbonyl (C=O) groups is 1. The van der Waals surface area contributed by atoms with Crippen LogP contribution in [0, 0.1) is 29.6 Å². The third-order valence-corrected chi connectivity index (χ3v) is 9.10. The largest absolute Gasteiger partial charge is 0.393 e. The number of hydrogen-bond acceptors (Lipinski definition) is 4. The fourth-order valence-corrected chi connectivity index (χ4v) is 6.46. The van der Waals surface area contributed by atoms with Crippen molar-refractivity contribution in [3.63, 3.8) is 0 Å². The van der Waals surface area contributed by atoms with Gasteiger partial charge in [0.15, 0.2) is 0 Å². The highest BCUT2D eigenvalue weighted by atomic mass is 16.5. The second-order valence-electron chi connectivity index (χ2n) is 13.3. The topological polar surface area (TPSA) is 55.8 Å². The first-order chi connectivity index (χ1) is 19.9. The van der Waals surface area contributed by atoms with Gasteiger partial charge in [0.1, 0.15) is 6.29 Å². The molecule has 0 saturated carbocycles. The molecule has 6 unspecified atom stereocenters. The zero-order chi connectivity index (χ0) is 31.7. The van der Waals surface area contributed by atoms with E-state index in [1.54, 1.807) is 0 Å². The number of aliphatic hydroxyl groups is 1. The molecule has 0 aromatic carbocycles. The van der Waals surface area contributed by atoms with E-state index in [9.17, 15) is 9.90 Å². The van der Waals surface area contributed by atoms with Crippen LogP contribution in [0.4, 0.5) is 0 Å². The molecule has 0 amide bonds. The Morgan fingerprint density at radius 3 is 2.43 bits per heavy atom. The zero-order valence-corrected chi connectivity index (χ0v) is 28.6. The summed E-state index contributed by atoms with van der Waals surface area (Å²) in [6.07, 6.45) is 24.7. The van der Waals surface area contributed by atoms with Crippen LogP contribution < -0.4 is 0 Å². The van der Waals surface area contributed by atoms with Gasteiger partial charge in [-0.25, -0.2) is 0 Å². The standard InChI is InChI=1S/C38H64O4/c1-11-15-37-32(8)19-21-35(42-37)20-18-31(7)36(41-10)17-14-13-16-27(3)24-33(9)38(40)34(12-2)25-29(5)22-28(4)23-30(6)26-39/h11,13-16,22-23,26,29,31-38,40H,12,17-21,24-25H2,1-10H3/b14-13+,15-11+,27-16+,28-22+,30-23+/t29?,31?,32?,33-,34-,35?,36?,37-,38?/m1/s1. The minimum absolute atomic E-state index is 0.193. The van der Waals surface area contributed by atoms with Gasteiger partial charge in [0.25, 0.3) is 0 Å². The van der Waals surface area contributed by atoms with E-state index in [4.69, 9.17) is 9.47 Å². The second kappa shape index (κ2) is 21.0. The van der Waals surface area contributed by atoms with Gasteiger partial charge in [-0.15, -0.1) is 0 Å². The molecule has 0 aliphatic carbocycles. The Hall–Kier alpha value is -1.75. The average Bonchev–Trinajstić information content (AvgIpc) is 2.95. The Labute approximate surface area is 259 Å². The van der Waals surface area contributed by atoms with Crippen LogP contribution in [0.2, 0.25) is 0 Å². The van der Waals surface area contributed by atoms with Crippen molar-refractivity contribution in [1.29, 1.82) is 0 Å². The summed E-state index contributed by atoms with van der Waals surface area (Å²) in [6, 6.07) is 0. The average molecular weight is 585 g/mol. The lowest BCUT2D eigenvalue weighted by molar-refractivity contribution is -0.104. The molecule has 4 nitrogen and oxygen atoms in total. The first-order valence-electron chi connectivity index (χ1n) is 16.6. The minimum Gasteiger partial charge on any atom is -0.393 e. The van der Waals surface area contributed by atoms with Crippen molar-refractivity contribution in [3.8, 4) is 0 Å². The van der Waals surface area contributed by atoms with Gasteiger partial charge in [0, 0.05) is 7.11 Å². The summed E-state index contributed by atoms with van der Waals surface area (Å²) < 4.78 is 12.2. The number of carbonyl (C=O) groups excluding carboxylic acids is 1. The molecule has 1 saturated heterocycles. The molecule has 0 aromatic rings. The third-order valence-electron chi connectivity index (χ3n) is 9.10. The maximum absolute atomic E-state index is 11.2. The van der Waals surface area contributed by atoms with Crippen LogP contribution in [-0.4, -0.2) is 42.9 Å². The highest BCUT2D eigenvalue weighted by Gasteiger charge is 2.28. The van der Waals surface area contributed by atoms with Crippen LogP contribution in [0.5, 0.6) is 0 Å². The van der Waals surface area contributed by atoms with E-state index >= 15 is 0 Å². The van der Waals surface area contributed by atoms with E-state index in [2.05, 4.69) is 84.9 Å². The molecule has 9 atom stereocenters. The highest BCUT2D eigenvalue weighted by molar-refractivity contribution is 5.73. The molecule has 0 aromatic heterocycles. The molecule has 1 aliphatic rings. The number of rotatable bonds is 19. The van der Waals surface area contributed by atoms with E-state index in [0.29, 0.717) is 23.9 Å². The molecule has 0 bridgehead atoms. The predicted octanol–water partition coefficient (Wildman–Crippen LogP) is 9.60. The Morgan fingerprint density at radius 2 is 1.81 bits per heavy atom. The van der Waals surface area contributed by atoms with Gasteiger partial charge < -0.3 is 14.6 Å². The zero-order valence-electron chi connectivity index (χ0n) is 28.6. The summed E-state index contributed by atoms with van der Waals surface area (Å²) in [4.78, 5) is 10.9. The first kappa shape index (κ1) is 38.3. The van der Waals surface area contributed by atoms with E-state index in [0.717, 1.165) is 62.4 Å². The molecule has 0 radical (unpaired) electrons. The first-order valence-corrected chi connectivity index (χ1v) is 16.6. The lowest BCUT2D eigenvalue weighted by Gasteiger charge is -2.34. The Morgan fingerprint density at radius 1 is 1.10 bits per heavy atom. The van der Waals surface area contributed by atoms with Gasteiger partial charge in [-0.05, 0) is 108 Å². The van der Waals surface area contributed by atoms with Gasteiger partial charge in [-0.3, -0.25) is 4.79 Å². The van der Waals surface area contributed by atoms with Crippen LogP contribution in [0.1, 0.15) is 114 Å². The number of ether oxygens (including phenoxy) is 2. The molecule has 1 fully saturated rings. The number of aldehydes is 1. The molecule has 1 aliphatic heterocycles. The lowest BCUT2D eigenvalue weighted by atomic mass is 9.81. The predicted molar refractivity (Wildman–Crippen MR) is 180 cm³/mol. The number of hydrogen-bond donors (Lipinski definition) is 1. The molecule has 240 valence electrons. The van der Waals surface area contributed by atoms with Crippen molar-refractivity contribution in [1.82, 2.24) is 0 Å². The van der Waals surface area contributed by atoms with Gasteiger partial charge >= 0.3 is 0 Å². The second-order valence-corrected chi connectivity index (χ2v) is 13.3. The molecule has 42 heavy (non-hydrogen) atoms. The summed E-state index contributed by atoms with van der Waals surface area (Å²) in [5.41, 5.74) is 3.12. The molecular formula is C38H64O4. The van der Waals surface area contributed by atoms with Gasteiger partial charge in [0.05, 0.1) is 24.4 Å². The monoisotopic (exact) mass is 584 g/mol. The highest BCUT2D eigenvalue weighted by Crippen LogP contribution is 2.30. The molecule has 0 spiro atoms. The minimum atomic E-state index is -0.339. The van der Waals surface area contributed by atoms with Crippen LogP contribution >= 0.6 is 0 Å². The summed E-state index contributed by atoms with van der Waals surface area (Å²) in [5, 5.41) is 11.2. The summed E-state index contributed by atoms with van der Waals surface area (Å²) in [6.45, 7) is 19.2. The van der Waals surface area contributed by atoms with Crippen LogP contribution in [0.3, 0.4) is 0 Å². The molecule has 4 heteroatoms. The van der Waals surface area contributed by atoms with Crippen LogP contribution in [0.25, 0.3) is 0 Å². The SMILES string of the molecule is C/C=C/[C@H]1OC(CCC(C)C(C/C=C/C=C(\C)C[C@@H](C)C(O)[C@H](CC)CC(C)/C=C(C)/C=C(\C)C=O)OC)CCC1C. The van der Waals surface area contributed by atoms with E-state index < -0.39 is 0 Å². The third kappa shape index (κ3) is 14.6. The summed E-state index contributed by atoms with van der Waals surface area (Å²) in [7, 11) is 1.82. The maximum Gasteiger partial charge on any atom is 0.145 e. The Balaban J connectivity index is 2.57. The van der Waals surface area contributed by atoms with E-state index in [-0.39, 0.29) is 30.1 Å². The van der Waals surface area contributed by atoms with Crippen molar-refractivity contribution >= 4 is 6.29 Å². The normalized spacial score (nSPS) is 25.4. The van der Waals surface area contributed by atoms with Crippen molar-refractivity contribution in [3.05, 3.63) is 59.3 Å². The van der Waals surface area contributed by atoms with Gasteiger partial charge in [0.2, 0.25) is 0 Å². The molecule has 1 heterocycles. The van der Waals surface area contributed by atoms with Gasteiger partial charge in [-0.1, -0.05) is 94.7 Å².